The molecule has 0 bridgehead atoms. The third kappa shape index (κ3) is 3.11. The van der Waals surface area contributed by atoms with Crippen molar-refractivity contribution >= 4 is 5.97 Å². The fourth-order valence-corrected chi connectivity index (χ4v) is 1.35. The van der Waals surface area contributed by atoms with Gasteiger partial charge in [0.25, 0.3) is 0 Å². The molecule has 0 fully saturated rings. The molecule has 0 unspecified atom stereocenters. The van der Waals surface area contributed by atoms with Gasteiger partial charge in [-0.25, -0.2) is 0 Å². The van der Waals surface area contributed by atoms with Crippen molar-refractivity contribution in [2.45, 2.75) is 13.0 Å². The molecule has 0 aliphatic carbocycles. The van der Waals surface area contributed by atoms with Crippen molar-refractivity contribution in [3.05, 3.63) is 23.8 Å². The highest BCUT2D eigenvalue weighted by Gasteiger charge is 2.16. The standard InChI is InChI=1S/C12H13NO4/c1-8(14)17-12(7-13)9-4-5-10(15-2)11(6-9)16-3/h4-6,12H,1-3H3/t12-/m1/s1. The fourth-order valence-electron chi connectivity index (χ4n) is 1.35. The summed E-state index contributed by atoms with van der Waals surface area (Å²) in [5.41, 5.74) is 0.542. The monoisotopic (exact) mass is 235 g/mol. The van der Waals surface area contributed by atoms with E-state index < -0.39 is 12.1 Å². The fraction of sp³-hybridized carbons (Fsp3) is 0.333. The Labute approximate surface area is 99.5 Å². The third-order valence-corrected chi connectivity index (χ3v) is 2.11. The van der Waals surface area contributed by atoms with Crippen LogP contribution < -0.4 is 9.47 Å². The number of ether oxygens (including phenoxy) is 3. The summed E-state index contributed by atoms with van der Waals surface area (Å²) in [6.45, 7) is 1.26. The smallest absolute Gasteiger partial charge is 0.304 e. The second-order valence-electron chi connectivity index (χ2n) is 3.23. The minimum Gasteiger partial charge on any atom is -0.493 e. The number of carbonyl (C=O) groups excluding carboxylic acids is 1. The van der Waals surface area contributed by atoms with Gasteiger partial charge in [0.15, 0.2) is 11.5 Å². The van der Waals surface area contributed by atoms with Gasteiger partial charge in [-0.15, -0.1) is 0 Å². The van der Waals surface area contributed by atoms with Crippen LogP contribution >= 0.6 is 0 Å². The molecule has 0 saturated carbocycles. The number of nitrogens with zero attached hydrogens (tertiary/aromatic N) is 1. The Morgan fingerprint density at radius 3 is 2.41 bits per heavy atom. The van der Waals surface area contributed by atoms with E-state index >= 15 is 0 Å². The maximum absolute atomic E-state index is 10.8. The first-order valence-electron chi connectivity index (χ1n) is 4.91. The van der Waals surface area contributed by atoms with Crippen molar-refractivity contribution in [1.82, 2.24) is 0 Å². The highest BCUT2D eigenvalue weighted by atomic mass is 16.5. The first kappa shape index (κ1) is 12.8. The number of hydrogen-bond acceptors (Lipinski definition) is 5. The Balaban J connectivity index is 3.05. The van der Waals surface area contributed by atoms with Gasteiger partial charge in [0, 0.05) is 12.5 Å². The molecule has 5 nitrogen and oxygen atoms in total. The average Bonchev–Trinajstić information content (AvgIpc) is 2.34. The first-order chi connectivity index (χ1) is 8.12. The van der Waals surface area contributed by atoms with Crippen LogP contribution in [0.2, 0.25) is 0 Å². The van der Waals surface area contributed by atoms with E-state index in [1.54, 1.807) is 18.2 Å². The number of nitriles is 1. The van der Waals surface area contributed by atoms with Crippen molar-refractivity contribution in [3.8, 4) is 17.6 Å². The number of esters is 1. The molecule has 1 aromatic rings. The van der Waals surface area contributed by atoms with Crippen LogP contribution in [0.1, 0.15) is 18.6 Å². The number of carbonyl (C=O) groups is 1. The second kappa shape index (κ2) is 5.75. The largest absolute Gasteiger partial charge is 0.493 e. The lowest BCUT2D eigenvalue weighted by Crippen LogP contribution is -2.06. The minimum absolute atomic E-state index is 0.484. The molecule has 0 saturated heterocycles. The van der Waals surface area contributed by atoms with Gasteiger partial charge in [-0.05, 0) is 12.1 Å². The molecule has 0 N–H and O–H groups in total. The average molecular weight is 235 g/mol. The van der Waals surface area contributed by atoms with E-state index in [4.69, 9.17) is 19.5 Å². The first-order valence-corrected chi connectivity index (χ1v) is 4.91. The van der Waals surface area contributed by atoms with Crippen molar-refractivity contribution < 1.29 is 19.0 Å². The van der Waals surface area contributed by atoms with Crippen LogP contribution in [0.4, 0.5) is 0 Å². The third-order valence-electron chi connectivity index (χ3n) is 2.11. The molecule has 0 heterocycles. The Kier molecular flexibility index (Phi) is 4.35. The van der Waals surface area contributed by atoms with E-state index in [2.05, 4.69) is 0 Å². The van der Waals surface area contributed by atoms with E-state index in [-0.39, 0.29) is 0 Å². The van der Waals surface area contributed by atoms with Crippen molar-refractivity contribution in [1.29, 1.82) is 5.26 Å². The normalized spacial score (nSPS) is 11.2. The molecule has 0 aliphatic rings. The maximum Gasteiger partial charge on any atom is 0.304 e. The molecule has 0 radical (unpaired) electrons. The lowest BCUT2D eigenvalue weighted by atomic mass is 10.1. The molecule has 1 aromatic carbocycles. The summed E-state index contributed by atoms with van der Waals surface area (Å²) >= 11 is 0. The van der Waals surface area contributed by atoms with Gasteiger partial charge in [0.1, 0.15) is 6.07 Å². The highest BCUT2D eigenvalue weighted by molar-refractivity contribution is 5.66. The Bertz CT molecular complexity index is 450. The zero-order chi connectivity index (χ0) is 12.8. The highest BCUT2D eigenvalue weighted by Crippen LogP contribution is 2.30. The zero-order valence-corrected chi connectivity index (χ0v) is 9.89. The number of methoxy groups -OCH3 is 2. The number of rotatable bonds is 4. The molecular weight excluding hydrogens is 222 g/mol. The molecule has 1 rings (SSSR count). The van der Waals surface area contributed by atoms with Crippen molar-refractivity contribution in [2.75, 3.05) is 14.2 Å². The van der Waals surface area contributed by atoms with Crippen LogP contribution in [0.15, 0.2) is 18.2 Å². The van der Waals surface area contributed by atoms with Crippen LogP contribution in [-0.4, -0.2) is 20.2 Å². The predicted octanol–water partition coefficient (Wildman–Crippen LogP) is 1.83. The second-order valence-corrected chi connectivity index (χ2v) is 3.23. The molecule has 0 aliphatic heterocycles. The summed E-state index contributed by atoms with van der Waals surface area (Å²) < 4.78 is 15.0. The number of hydrogen-bond donors (Lipinski definition) is 0. The molecule has 90 valence electrons. The summed E-state index contributed by atoms with van der Waals surface area (Å²) in [7, 11) is 3.01. The molecule has 1 atom stereocenters. The number of benzene rings is 1. The summed E-state index contributed by atoms with van der Waals surface area (Å²) in [5, 5.41) is 8.92. The van der Waals surface area contributed by atoms with Crippen molar-refractivity contribution in [2.24, 2.45) is 0 Å². The topological polar surface area (TPSA) is 68.5 Å². The van der Waals surface area contributed by atoms with Crippen LogP contribution in [0.25, 0.3) is 0 Å². The molecule has 0 spiro atoms. The molecule has 17 heavy (non-hydrogen) atoms. The molecular formula is C12H13NO4. The summed E-state index contributed by atoms with van der Waals surface area (Å²) in [4.78, 5) is 10.8. The Morgan fingerprint density at radius 1 is 1.29 bits per heavy atom. The maximum atomic E-state index is 10.8. The summed E-state index contributed by atoms with van der Waals surface area (Å²) in [6, 6.07) is 6.81. The predicted molar refractivity (Wildman–Crippen MR) is 59.7 cm³/mol. The van der Waals surface area contributed by atoms with Crippen LogP contribution in [0, 0.1) is 11.3 Å². The Morgan fingerprint density at radius 2 is 1.94 bits per heavy atom. The van der Waals surface area contributed by atoms with Crippen molar-refractivity contribution in [3.63, 3.8) is 0 Å². The van der Waals surface area contributed by atoms with Gasteiger partial charge < -0.3 is 14.2 Å². The van der Waals surface area contributed by atoms with E-state index in [9.17, 15) is 4.79 Å². The molecule has 0 amide bonds. The lowest BCUT2D eigenvalue weighted by Gasteiger charge is -2.13. The van der Waals surface area contributed by atoms with Gasteiger partial charge >= 0.3 is 5.97 Å². The van der Waals surface area contributed by atoms with Crippen LogP contribution in [0.5, 0.6) is 11.5 Å². The van der Waals surface area contributed by atoms with Gasteiger partial charge in [0.2, 0.25) is 6.10 Å². The summed E-state index contributed by atoms with van der Waals surface area (Å²) in [5.74, 6) is 0.527. The molecule has 5 heteroatoms. The Hall–Kier alpha value is -2.22. The van der Waals surface area contributed by atoms with Crippen LogP contribution in [-0.2, 0) is 9.53 Å². The van der Waals surface area contributed by atoms with Crippen LogP contribution in [0.3, 0.4) is 0 Å². The van der Waals surface area contributed by atoms with E-state index in [0.717, 1.165) is 0 Å². The van der Waals surface area contributed by atoms with Gasteiger partial charge in [-0.1, -0.05) is 6.07 Å². The molecule has 0 aromatic heterocycles. The SMILES string of the molecule is COc1ccc([C@@H](C#N)OC(C)=O)cc1OC. The van der Waals surface area contributed by atoms with E-state index in [1.807, 2.05) is 6.07 Å². The van der Waals surface area contributed by atoms with Gasteiger partial charge in [-0.3, -0.25) is 4.79 Å². The summed E-state index contributed by atoms with van der Waals surface area (Å²) in [6.07, 6.45) is -0.938. The lowest BCUT2D eigenvalue weighted by molar-refractivity contribution is -0.144. The van der Waals surface area contributed by atoms with E-state index in [0.29, 0.717) is 17.1 Å². The van der Waals surface area contributed by atoms with E-state index in [1.165, 1.54) is 21.1 Å². The minimum atomic E-state index is -0.938. The van der Waals surface area contributed by atoms with Gasteiger partial charge in [-0.2, -0.15) is 5.26 Å². The quantitative estimate of drug-likeness (QED) is 0.745. The van der Waals surface area contributed by atoms with Gasteiger partial charge in [0.05, 0.1) is 14.2 Å². The zero-order valence-electron chi connectivity index (χ0n) is 9.89.